The molecule has 1 aliphatic heterocycles. The SMILES string of the molecule is CC(C)(Cc1ccc(Cl)cc1Cl)NC(=O)CCC1CCNCC1.Cl. The van der Waals surface area contributed by atoms with Crippen LogP contribution >= 0.6 is 35.6 Å². The Balaban J connectivity index is 0.00000288. The lowest BCUT2D eigenvalue weighted by Crippen LogP contribution is -2.45. The Hall–Kier alpha value is -0.480. The third kappa shape index (κ3) is 7.18. The topological polar surface area (TPSA) is 41.1 Å². The molecule has 0 aliphatic carbocycles. The monoisotopic (exact) mass is 392 g/mol. The number of carbonyl (C=O) groups is 1. The molecule has 1 aromatic carbocycles. The highest BCUT2D eigenvalue weighted by atomic mass is 35.5. The first-order valence-electron chi connectivity index (χ1n) is 8.31. The molecule has 0 unspecified atom stereocenters. The maximum Gasteiger partial charge on any atom is 0.220 e. The van der Waals surface area contributed by atoms with Crippen molar-refractivity contribution in [2.75, 3.05) is 13.1 Å². The number of halogens is 3. The Labute approximate surface area is 161 Å². The molecule has 0 spiro atoms. The van der Waals surface area contributed by atoms with Gasteiger partial charge >= 0.3 is 0 Å². The van der Waals surface area contributed by atoms with Crippen LogP contribution in [-0.4, -0.2) is 24.5 Å². The highest BCUT2D eigenvalue weighted by Gasteiger charge is 2.23. The van der Waals surface area contributed by atoms with Crippen LogP contribution in [0.3, 0.4) is 0 Å². The lowest BCUT2D eigenvalue weighted by molar-refractivity contribution is -0.123. The molecule has 1 fully saturated rings. The zero-order valence-corrected chi connectivity index (χ0v) is 16.7. The molecule has 0 aromatic heterocycles. The average molecular weight is 394 g/mol. The van der Waals surface area contributed by atoms with Crippen LogP contribution in [0, 0.1) is 5.92 Å². The van der Waals surface area contributed by atoms with Gasteiger partial charge < -0.3 is 10.6 Å². The van der Waals surface area contributed by atoms with E-state index >= 15 is 0 Å². The van der Waals surface area contributed by atoms with Crippen molar-refractivity contribution >= 4 is 41.5 Å². The van der Waals surface area contributed by atoms with Gasteiger partial charge in [0.25, 0.3) is 0 Å². The molecule has 3 nitrogen and oxygen atoms in total. The zero-order chi connectivity index (χ0) is 16.9. The minimum Gasteiger partial charge on any atom is -0.351 e. The normalized spacial score (nSPS) is 15.7. The smallest absolute Gasteiger partial charge is 0.220 e. The van der Waals surface area contributed by atoms with E-state index in [1.165, 1.54) is 12.8 Å². The van der Waals surface area contributed by atoms with E-state index in [0.717, 1.165) is 25.1 Å². The van der Waals surface area contributed by atoms with Crippen LogP contribution in [-0.2, 0) is 11.2 Å². The molecule has 1 amide bonds. The second kappa shape index (κ2) is 9.86. The fourth-order valence-corrected chi connectivity index (χ4v) is 3.61. The van der Waals surface area contributed by atoms with E-state index in [2.05, 4.69) is 10.6 Å². The molecule has 136 valence electrons. The van der Waals surface area contributed by atoms with Gasteiger partial charge in [-0.1, -0.05) is 29.3 Å². The van der Waals surface area contributed by atoms with Gasteiger partial charge in [-0.15, -0.1) is 12.4 Å². The van der Waals surface area contributed by atoms with Crippen molar-refractivity contribution in [3.63, 3.8) is 0 Å². The summed E-state index contributed by atoms with van der Waals surface area (Å²) in [6, 6.07) is 5.50. The largest absolute Gasteiger partial charge is 0.351 e. The second-order valence-electron chi connectivity index (χ2n) is 7.08. The van der Waals surface area contributed by atoms with E-state index in [1.807, 2.05) is 26.0 Å². The van der Waals surface area contributed by atoms with Crippen LogP contribution in [0.4, 0.5) is 0 Å². The van der Waals surface area contributed by atoms with Crippen molar-refractivity contribution in [3.05, 3.63) is 33.8 Å². The van der Waals surface area contributed by atoms with Gasteiger partial charge in [-0.05, 0) is 76.2 Å². The predicted octanol–water partition coefficient (Wildman–Crippen LogP) is 4.63. The third-order valence-electron chi connectivity index (χ3n) is 4.36. The molecule has 0 bridgehead atoms. The standard InChI is InChI=1S/C18H26Cl2N2O.ClH/c1-18(2,12-14-4-5-15(19)11-16(14)20)22-17(23)6-3-13-7-9-21-10-8-13;/h4-5,11,13,21H,3,6-10,12H2,1-2H3,(H,22,23);1H. The Morgan fingerprint density at radius 2 is 1.96 bits per heavy atom. The van der Waals surface area contributed by atoms with Crippen molar-refractivity contribution in [2.45, 2.75) is 51.5 Å². The number of hydrogen-bond donors (Lipinski definition) is 2. The summed E-state index contributed by atoms with van der Waals surface area (Å²) in [4.78, 5) is 12.2. The summed E-state index contributed by atoms with van der Waals surface area (Å²) < 4.78 is 0. The first-order chi connectivity index (χ1) is 10.9. The number of benzene rings is 1. The molecule has 6 heteroatoms. The van der Waals surface area contributed by atoms with E-state index in [1.54, 1.807) is 6.07 Å². The van der Waals surface area contributed by atoms with E-state index in [0.29, 0.717) is 28.8 Å². The van der Waals surface area contributed by atoms with Crippen molar-refractivity contribution < 1.29 is 4.79 Å². The summed E-state index contributed by atoms with van der Waals surface area (Å²) >= 11 is 12.2. The summed E-state index contributed by atoms with van der Waals surface area (Å²) in [7, 11) is 0. The van der Waals surface area contributed by atoms with E-state index in [-0.39, 0.29) is 23.9 Å². The summed E-state index contributed by atoms with van der Waals surface area (Å²) in [6.45, 7) is 6.21. The van der Waals surface area contributed by atoms with Gasteiger partial charge in [-0.3, -0.25) is 4.79 Å². The molecule has 0 saturated carbocycles. The first kappa shape index (κ1) is 21.6. The van der Waals surface area contributed by atoms with Crippen molar-refractivity contribution in [1.82, 2.24) is 10.6 Å². The lowest BCUT2D eigenvalue weighted by atomic mass is 9.92. The molecular formula is C18H27Cl3N2O. The quantitative estimate of drug-likeness (QED) is 0.739. The van der Waals surface area contributed by atoms with Gasteiger partial charge in [-0.25, -0.2) is 0 Å². The molecule has 0 atom stereocenters. The minimum absolute atomic E-state index is 0. The molecule has 2 N–H and O–H groups in total. The Morgan fingerprint density at radius 1 is 1.29 bits per heavy atom. The Morgan fingerprint density at radius 3 is 2.58 bits per heavy atom. The predicted molar refractivity (Wildman–Crippen MR) is 104 cm³/mol. The second-order valence-corrected chi connectivity index (χ2v) is 7.92. The van der Waals surface area contributed by atoms with E-state index < -0.39 is 0 Å². The first-order valence-corrected chi connectivity index (χ1v) is 9.07. The Kier molecular flexibility index (Phi) is 8.86. The highest BCUT2D eigenvalue weighted by molar-refractivity contribution is 6.35. The van der Waals surface area contributed by atoms with Crippen LogP contribution in [0.5, 0.6) is 0 Å². The Bertz CT molecular complexity index is 543. The number of nitrogens with one attached hydrogen (secondary N) is 2. The minimum atomic E-state index is -0.331. The van der Waals surface area contributed by atoms with Crippen LogP contribution < -0.4 is 10.6 Å². The molecule has 1 heterocycles. The highest BCUT2D eigenvalue weighted by Crippen LogP contribution is 2.25. The van der Waals surface area contributed by atoms with Crippen molar-refractivity contribution in [3.8, 4) is 0 Å². The number of amides is 1. The van der Waals surface area contributed by atoms with Gasteiger partial charge in [0.15, 0.2) is 0 Å². The summed E-state index contributed by atoms with van der Waals surface area (Å²) in [5.74, 6) is 0.800. The number of rotatable bonds is 6. The van der Waals surface area contributed by atoms with Crippen LogP contribution in [0.25, 0.3) is 0 Å². The molecule has 2 rings (SSSR count). The summed E-state index contributed by atoms with van der Waals surface area (Å²) in [5.41, 5.74) is 0.669. The maximum absolute atomic E-state index is 12.2. The van der Waals surface area contributed by atoms with E-state index in [4.69, 9.17) is 23.2 Å². The van der Waals surface area contributed by atoms with Crippen LogP contribution in [0.2, 0.25) is 10.0 Å². The number of piperidine rings is 1. The van der Waals surface area contributed by atoms with Crippen LogP contribution in [0.1, 0.15) is 45.1 Å². The van der Waals surface area contributed by atoms with Gasteiger partial charge in [0, 0.05) is 22.0 Å². The maximum atomic E-state index is 12.2. The molecule has 1 saturated heterocycles. The molecule has 1 aliphatic rings. The van der Waals surface area contributed by atoms with Gasteiger partial charge in [0.2, 0.25) is 5.91 Å². The molecule has 24 heavy (non-hydrogen) atoms. The fraction of sp³-hybridized carbons (Fsp3) is 0.611. The van der Waals surface area contributed by atoms with Gasteiger partial charge in [0.1, 0.15) is 0 Å². The fourth-order valence-electron chi connectivity index (χ4n) is 3.13. The lowest BCUT2D eigenvalue weighted by Gasteiger charge is -2.28. The van der Waals surface area contributed by atoms with Gasteiger partial charge in [0.05, 0.1) is 0 Å². The third-order valence-corrected chi connectivity index (χ3v) is 4.95. The zero-order valence-electron chi connectivity index (χ0n) is 14.3. The average Bonchev–Trinajstić information content (AvgIpc) is 2.49. The van der Waals surface area contributed by atoms with Crippen molar-refractivity contribution in [1.29, 1.82) is 0 Å². The van der Waals surface area contributed by atoms with Crippen molar-refractivity contribution in [2.24, 2.45) is 5.92 Å². The van der Waals surface area contributed by atoms with Gasteiger partial charge in [-0.2, -0.15) is 0 Å². The molecule has 0 radical (unpaired) electrons. The molecule has 1 aromatic rings. The number of hydrogen-bond acceptors (Lipinski definition) is 2. The summed E-state index contributed by atoms with van der Waals surface area (Å²) in [5, 5.41) is 7.77. The molecular weight excluding hydrogens is 367 g/mol. The summed E-state index contributed by atoms with van der Waals surface area (Å²) in [6.07, 6.45) is 4.62. The number of carbonyl (C=O) groups excluding carboxylic acids is 1. The van der Waals surface area contributed by atoms with Crippen LogP contribution in [0.15, 0.2) is 18.2 Å². The van der Waals surface area contributed by atoms with E-state index in [9.17, 15) is 4.79 Å².